The van der Waals surface area contributed by atoms with E-state index < -0.39 is 12.7 Å². The largest absolute Gasteiger partial charge is 0.489 e. The molecule has 0 aliphatic carbocycles. The van der Waals surface area contributed by atoms with E-state index in [2.05, 4.69) is 10.3 Å². The monoisotopic (exact) mass is 379 g/mol. The van der Waals surface area contributed by atoms with E-state index in [-0.39, 0.29) is 5.92 Å². The smallest absolute Gasteiger partial charge is 0.401 e. The minimum Gasteiger partial charge on any atom is -0.489 e. The molecule has 1 atom stereocenters. The summed E-state index contributed by atoms with van der Waals surface area (Å²) in [7, 11) is 0. The van der Waals surface area contributed by atoms with Gasteiger partial charge in [-0.05, 0) is 37.6 Å². The molecular formula is C20H24F3N3O. The summed E-state index contributed by atoms with van der Waals surface area (Å²) in [4.78, 5) is 5.56. The summed E-state index contributed by atoms with van der Waals surface area (Å²) in [6, 6.07) is 11.6. The number of nitrogens with zero attached hydrogens (tertiary/aromatic N) is 2. The van der Waals surface area contributed by atoms with Crippen LogP contribution in [0, 0.1) is 5.92 Å². The quantitative estimate of drug-likeness (QED) is 0.760. The highest BCUT2D eigenvalue weighted by Crippen LogP contribution is 2.23. The maximum atomic E-state index is 12.5. The lowest BCUT2D eigenvalue weighted by Crippen LogP contribution is -2.33. The molecule has 0 radical (unpaired) electrons. The van der Waals surface area contributed by atoms with Gasteiger partial charge in [0, 0.05) is 36.6 Å². The van der Waals surface area contributed by atoms with E-state index in [1.807, 2.05) is 36.4 Å². The molecule has 0 saturated carbocycles. The predicted molar refractivity (Wildman–Crippen MR) is 97.3 cm³/mol. The zero-order valence-corrected chi connectivity index (χ0v) is 15.1. The van der Waals surface area contributed by atoms with Crippen LogP contribution in [0.5, 0.6) is 5.75 Å². The number of aromatic nitrogens is 1. The number of benzene rings is 1. The number of alkyl halides is 3. The highest BCUT2D eigenvalue weighted by molar-refractivity contribution is 5.33. The van der Waals surface area contributed by atoms with Gasteiger partial charge in [0.2, 0.25) is 0 Å². The SMILES string of the molecule is FC(F)(F)CN1CC[C@H](CNCc2ccccc2OCc2cccnc2)C1. The first-order valence-electron chi connectivity index (χ1n) is 9.09. The zero-order valence-electron chi connectivity index (χ0n) is 15.1. The Morgan fingerprint density at radius 3 is 2.81 bits per heavy atom. The van der Waals surface area contributed by atoms with Gasteiger partial charge in [0.05, 0.1) is 6.54 Å². The molecule has 2 heterocycles. The summed E-state index contributed by atoms with van der Waals surface area (Å²) in [5, 5.41) is 3.37. The van der Waals surface area contributed by atoms with E-state index >= 15 is 0 Å². The molecule has 146 valence electrons. The minimum absolute atomic E-state index is 0.246. The molecule has 2 aromatic rings. The first-order chi connectivity index (χ1) is 13.0. The third-order valence-electron chi connectivity index (χ3n) is 4.61. The Kier molecular flexibility index (Phi) is 6.68. The van der Waals surface area contributed by atoms with Crippen molar-refractivity contribution in [2.75, 3.05) is 26.2 Å². The van der Waals surface area contributed by atoms with E-state index in [9.17, 15) is 13.2 Å². The lowest BCUT2D eigenvalue weighted by molar-refractivity contribution is -0.143. The minimum atomic E-state index is -4.12. The van der Waals surface area contributed by atoms with Gasteiger partial charge in [0.25, 0.3) is 0 Å². The molecule has 1 saturated heterocycles. The van der Waals surface area contributed by atoms with E-state index in [4.69, 9.17) is 4.74 Å². The fourth-order valence-corrected chi connectivity index (χ4v) is 3.32. The molecule has 0 amide bonds. The van der Waals surface area contributed by atoms with Crippen LogP contribution in [0.2, 0.25) is 0 Å². The Bertz CT molecular complexity index is 709. The molecule has 0 bridgehead atoms. The normalized spacial score (nSPS) is 18.0. The van der Waals surface area contributed by atoms with Crippen molar-refractivity contribution in [1.82, 2.24) is 15.2 Å². The molecule has 4 nitrogen and oxygen atoms in total. The van der Waals surface area contributed by atoms with Gasteiger partial charge in [0.1, 0.15) is 12.4 Å². The Balaban J connectivity index is 1.45. The summed E-state index contributed by atoms with van der Waals surface area (Å²) in [6.07, 6.45) is 0.170. The van der Waals surface area contributed by atoms with Gasteiger partial charge in [-0.1, -0.05) is 24.3 Å². The average Bonchev–Trinajstić information content (AvgIpc) is 3.07. The van der Waals surface area contributed by atoms with Crippen molar-refractivity contribution >= 4 is 0 Å². The Morgan fingerprint density at radius 1 is 1.19 bits per heavy atom. The van der Waals surface area contributed by atoms with Gasteiger partial charge in [-0.2, -0.15) is 13.2 Å². The Labute approximate surface area is 157 Å². The summed E-state index contributed by atoms with van der Waals surface area (Å²) < 4.78 is 43.3. The second-order valence-corrected chi connectivity index (χ2v) is 6.89. The van der Waals surface area contributed by atoms with Crippen LogP contribution < -0.4 is 10.1 Å². The second kappa shape index (κ2) is 9.19. The van der Waals surface area contributed by atoms with Crippen LogP contribution in [-0.4, -0.2) is 42.2 Å². The van der Waals surface area contributed by atoms with Crippen LogP contribution >= 0.6 is 0 Å². The van der Waals surface area contributed by atoms with Gasteiger partial charge < -0.3 is 10.1 Å². The predicted octanol–water partition coefficient (Wildman–Crippen LogP) is 3.63. The fraction of sp³-hybridized carbons (Fsp3) is 0.450. The van der Waals surface area contributed by atoms with Crippen LogP contribution in [-0.2, 0) is 13.2 Å². The maximum absolute atomic E-state index is 12.5. The number of pyridine rings is 1. The Morgan fingerprint density at radius 2 is 2.04 bits per heavy atom. The molecule has 0 unspecified atom stereocenters. The van der Waals surface area contributed by atoms with Crippen molar-refractivity contribution in [3.05, 3.63) is 59.9 Å². The van der Waals surface area contributed by atoms with Crippen LogP contribution in [0.15, 0.2) is 48.8 Å². The molecule has 1 N–H and O–H groups in total. The molecule has 27 heavy (non-hydrogen) atoms. The molecule has 1 aliphatic rings. The fourth-order valence-electron chi connectivity index (χ4n) is 3.32. The summed E-state index contributed by atoms with van der Waals surface area (Å²) in [6.45, 7) is 1.96. The first kappa shape index (κ1) is 19.6. The Hall–Kier alpha value is -2.12. The molecule has 7 heteroatoms. The molecule has 1 aromatic heterocycles. The average molecular weight is 379 g/mol. The van der Waals surface area contributed by atoms with Gasteiger partial charge in [-0.15, -0.1) is 0 Å². The van der Waals surface area contributed by atoms with Crippen LogP contribution in [0.1, 0.15) is 17.5 Å². The summed E-state index contributed by atoms with van der Waals surface area (Å²) >= 11 is 0. The highest BCUT2D eigenvalue weighted by atomic mass is 19.4. The third-order valence-corrected chi connectivity index (χ3v) is 4.61. The van der Waals surface area contributed by atoms with Crippen LogP contribution in [0.3, 0.4) is 0 Å². The summed E-state index contributed by atoms with van der Waals surface area (Å²) in [5.74, 6) is 1.05. The topological polar surface area (TPSA) is 37.4 Å². The van der Waals surface area contributed by atoms with Gasteiger partial charge in [-0.3, -0.25) is 9.88 Å². The second-order valence-electron chi connectivity index (χ2n) is 6.89. The highest BCUT2D eigenvalue weighted by Gasteiger charge is 2.34. The molecule has 3 rings (SSSR count). The number of nitrogens with one attached hydrogen (secondary N) is 1. The van der Waals surface area contributed by atoms with E-state index in [0.29, 0.717) is 32.8 Å². The lowest BCUT2D eigenvalue weighted by atomic mass is 10.1. The number of hydrogen-bond acceptors (Lipinski definition) is 4. The van der Waals surface area contributed by atoms with Crippen molar-refractivity contribution in [3.63, 3.8) is 0 Å². The first-order valence-corrected chi connectivity index (χ1v) is 9.09. The molecular weight excluding hydrogens is 355 g/mol. The summed E-state index contributed by atoms with van der Waals surface area (Å²) in [5.41, 5.74) is 2.03. The molecule has 1 aromatic carbocycles. The van der Waals surface area contributed by atoms with Crippen LogP contribution in [0.4, 0.5) is 13.2 Å². The van der Waals surface area contributed by atoms with Crippen LogP contribution in [0.25, 0.3) is 0 Å². The van der Waals surface area contributed by atoms with E-state index in [0.717, 1.165) is 23.3 Å². The number of hydrogen-bond donors (Lipinski definition) is 1. The van der Waals surface area contributed by atoms with Crippen molar-refractivity contribution in [3.8, 4) is 5.75 Å². The molecule has 0 spiro atoms. The van der Waals surface area contributed by atoms with Crippen molar-refractivity contribution in [2.45, 2.75) is 25.7 Å². The lowest BCUT2D eigenvalue weighted by Gasteiger charge is -2.18. The third kappa shape index (κ3) is 6.52. The van der Waals surface area contributed by atoms with Crippen molar-refractivity contribution in [2.24, 2.45) is 5.92 Å². The van der Waals surface area contributed by atoms with E-state index in [1.165, 1.54) is 4.90 Å². The van der Waals surface area contributed by atoms with E-state index in [1.54, 1.807) is 12.4 Å². The van der Waals surface area contributed by atoms with Crippen molar-refractivity contribution in [1.29, 1.82) is 0 Å². The number of rotatable bonds is 8. The number of para-hydroxylation sites is 1. The standard InChI is InChI=1S/C20H24F3N3O/c21-20(22,23)15-26-9-7-16(13-26)10-25-12-18-5-1-2-6-19(18)27-14-17-4-3-8-24-11-17/h1-6,8,11,16,25H,7,9-10,12-15H2/t16-/m1/s1. The maximum Gasteiger partial charge on any atom is 0.401 e. The zero-order chi connectivity index (χ0) is 19.1. The van der Waals surface area contributed by atoms with Crippen molar-refractivity contribution < 1.29 is 17.9 Å². The number of halogens is 3. The van der Waals surface area contributed by atoms with Gasteiger partial charge in [-0.25, -0.2) is 0 Å². The number of ether oxygens (including phenoxy) is 1. The molecule has 1 aliphatic heterocycles. The number of likely N-dealkylation sites (tertiary alicyclic amines) is 1. The van der Waals surface area contributed by atoms with Gasteiger partial charge in [0.15, 0.2) is 0 Å². The molecule has 1 fully saturated rings. The van der Waals surface area contributed by atoms with Gasteiger partial charge >= 0.3 is 6.18 Å².